The molecule has 0 amide bonds. The second-order valence-electron chi connectivity index (χ2n) is 7.35. The van der Waals surface area contributed by atoms with Crippen LogP contribution in [0.1, 0.15) is 18.7 Å². The fourth-order valence-corrected chi connectivity index (χ4v) is 5.95. The molecule has 3 aromatic rings. The number of aromatic nitrogens is 2. The summed E-state index contributed by atoms with van der Waals surface area (Å²) in [4.78, 5) is 19.8. The second kappa shape index (κ2) is 8.08. The number of rotatable bonds is 6. The molecule has 1 fully saturated rings. The van der Waals surface area contributed by atoms with Crippen molar-refractivity contribution in [3.63, 3.8) is 0 Å². The number of ether oxygens (including phenoxy) is 1. The van der Waals surface area contributed by atoms with E-state index in [2.05, 4.69) is 18.7 Å². The number of nitrogens with one attached hydrogen (secondary N) is 1. The number of fused-ring (bicyclic) bond motifs is 2. The van der Waals surface area contributed by atoms with Gasteiger partial charge in [-0.3, -0.25) is 4.79 Å². The molecular weight excluding hydrogens is 438 g/mol. The maximum atomic E-state index is 13.7. The number of hydrogen-bond donors (Lipinski definition) is 1. The largest absolute Gasteiger partial charge is 0.377 e. The highest BCUT2D eigenvalue weighted by Gasteiger charge is 2.33. The van der Waals surface area contributed by atoms with E-state index in [1.165, 1.54) is 10.4 Å². The molecule has 2 aliphatic heterocycles. The summed E-state index contributed by atoms with van der Waals surface area (Å²) in [6, 6.07) is 11.9. The van der Waals surface area contributed by atoms with E-state index < -0.39 is 10.0 Å². The minimum atomic E-state index is -3.95. The van der Waals surface area contributed by atoms with E-state index in [-0.39, 0.29) is 35.5 Å². The standard InChI is InChI=1S/C20H19N5O4S2/c26-20-14-6-1-2-7-15(14)21-18(22-20)12-25(11-13-5-4-10-29-13)31(27,28)17-9-3-8-16-19(17)24-30-23-16/h1-3,6-9,13H,4-5,10-12H2,(H,21,22,26). The average Bonchev–Trinajstić information content (AvgIpc) is 3.45. The van der Waals surface area contributed by atoms with Crippen molar-refractivity contribution in [2.75, 3.05) is 13.2 Å². The van der Waals surface area contributed by atoms with Crippen molar-refractivity contribution in [2.24, 2.45) is 8.73 Å². The molecule has 2 aromatic carbocycles. The lowest BCUT2D eigenvalue weighted by atomic mass is 10.2. The molecule has 0 bridgehead atoms. The summed E-state index contributed by atoms with van der Waals surface area (Å²) < 4.78 is 42.7. The molecule has 1 unspecified atom stereocenters. The van der Waals surface area contributed by atoms with Crippen LogP contribution in [0.25, 0.3) is 10.9 Å². The predicted molar refractivity (Wildman–Crippen MR) is 117 cm³/mol. The van der Waals surface area contributed by atoms with Crippen molar-refractivity contribution in [1.82, 2.24) is 14.3 Å². The van der Waals surface area contributed by atoms with Gasteiger partial charge in [0.25, 0.3) is 5.56 Å². The number of nitrogens with zero attached hydrogens (tertiary/aromatic N) is 4. The first kappa shape index (κ1) is 20.2. The van der Waals surface area contributed by atoms with Gasteiger partial charge in [0, 0.05) is 13.2 Å². The van der Waals surface area contributed by atoms with Crippen molar-refractivity contribution < 1.29 is 13.2 Å². The van der Waals surface area contributed by atoms with Gasteiger partial charge < -0.3 is 9.72 Å². The smallest absolute Gasteiger partial charge is 0.258 e. The Bertz CT molecular complexity index is 1390. The molecule has 1 atom stereocenters. The maximum Gasteiger partial charge on any atom is 0.258 e. The average molecular weight is 458 g/mol. The van der Waals surface area contributed by atoms with Gasteiger partial charge in [0.05, 0.1) is 34.9 Å². The number of hydrogen-bond acceptors (Lipinski definition) is 7. The number of aromatic amines is 1. The Hall–Kier alpha value is -2.73. The van der Waals surface area contributed by atoms with Gasteiger partial charge in [-0.25, -0.2) is 13.4 Å². The fraction of sp³-hybridized carbons (Fsp3) is 0.300. The van der Waals surface area contributed by atoms with E-state index in [0.717, 1.165) is 24.2 Å². The zero-order valence-electron chi connectivity index (χ0n) is 16.4. The third-order valence-corrected chi connectivity index (χ3v) is 7.67. The molecular formula is C20H19N5O4S2. The van der Waals surface area contributed by atoms with Crippen LogP contribution in [0, 0.1) is 0 Å². The summed E-state index contributed by atoms with van der Waals surface area (Å²) in [7, 11) is -3.95. The van der Waals surface area contributed by atoms with Crippen molar-refractivity contribution in [3.05, 3.63) is 58.6 Å². The summed E-state index contributed by atoms with van der Waals surface area (Å²) in [6.45, 7) is 0.679. The van der Waals surface area contributed by atoms with Crippen LogP contribution in [-0.4, -0.2) is 41.9 Å². The molecule has 31 heavy (non-hydrogen) atoms. The molecule has 1 aromatic heterocycles. The van der Waals surface area contributed by atoms with Gasteiger partial charge in [-0.15, -0.1) is 0 Å². The Morgan fingerprint density at radius 1 is 1.16 bits per heavy atom. The molecule has 3 heterocycles. The Morgan fingerprint density at radius 2 is 2.03 bits per heavy atom. The SMILES string of the molecule is O=c1[nH]c(CN(CC2CCCO2)S(=O)(=O)c2cccc3c2N=S=N3)nc2ccccc12. The van der Waals surface area contributed by atoms with Gasteiger partial charge in [-0.05, 0) is 37.1 Å². The van der Waals surface area contributed by atoms with Gasteiger partial charge in [0.1, 0.15) is 22.1 Å². The number of H-pyrrole nitrogens is 1. The fourth-order valence-electron chi connectivity index (χ4n) is 3.77. The predicted octanol–water partition coefficient (Wildman–Crippen LogP) is 3.02. The first-order valence-corrected chi connectivity index (χ1v) is 12.0. The van der Waals surface area contributed by atoms with Gasteiger partial charge in [-0.1, -0.05) is 18.2 Å². The molecule has 11 heteroatoms. The van der Waals surface area contributed by atoms with E-state index in [0.29, 0.717) is 28.9 Å². The maximum absolute atomic E-state index is 13.7. The van der Waals surface area contributed by atoms with E-state index in [4.69, 9.17) is 4.74 Å². The molecule has 0 radical (unpaired) electrons. The van der Waals surface area contributed by atoms with Crippen molar-refractivity contribution in [3.8, 4) is 0 Å². The van der Waals surface area contributed by atoms with Crippen LogP contribution in [-0.2, 0) is 32.7 Å². The topological polar surface area (TPSA) is 117 Å². The first-order valence-electron chi connectivity index (χ1n) is 9.83. The van der Waals surface area contributed by atoms with E-state index in [1.54, 1.807) is 36.4 Å². The van der Waals surface area contributed by atoms with Crippen LogP contribution >= 0.6 is 0 Å². The van der Waals surface area contributed by atoms with E-state index >= 15 is 0 Å². The molecule has 1 saturated heterocycles. The number of benzene rings is 2. The highest BCUT2D eigenvalue weighted by atomic mass is 32.2. The van der Waals surface area contributed by atoms with Gasteiger partial charge in [0.2, 0.25) is 10.0 Å². The Kier molecular flexibility index (Phi) is 5.26. The summed E-state index contributed by atoms with van der Waals surface area (Å²) >= 11 is 0.968. The van der Waals surface area contributed by atoms with Crippen LogP contribution in [0.5, 0.6) is 0 Å². The third-order valence-electron chi connectivity index (χ3n) is 5.29. The summed E-state index contributed by atoms with van der Waals surface area (Å²) in [5, 5.41) is 0.457. The van der Waals surface area contributed by atoms with Gasteiger partial charge >= 0.3 is 0 Å². The van der Waals surface area contributed by atoms with Crippen LogP contribution in [0.3, 0.4) is 0 Å². The van der Waals surface area contributed by atoms with E-state index in [9.17, 15) is 13.2 Å². The second-order valence-corrected chi connectivity index (χ2v) is 9.79. The van der Waals surface area contributed by atoms with Crippen LogP contribution in [0.2, 0.25) is 0 Å². The Balaban J connectivity index is 1.55. The molecule has 2 aliphatic rings. The monoisotopic (exact) mass is 457 g/mol. The summed E-state index contributed by atoms with van der Waals surface area (Å²) in [5.41, 5.74) is 1.08. The molecule has 160 valence electrons. The lowest BCUT2D eigenvalue weighted by molar-refractivity contribution is 0.0922. The van der Waals surface area contributed by atoms with Crippen molar-refractivity contribution in [2.45, 2.75) is 30.4 Å². The van der Waals surface area contributed by atoms with Crippen LogP contribution in [0.15, 0.2) is 60.9 Å². The van der Waals surface area contributed by atoms with Gasteiger partial charge in [-0.2, -0.15) is 13.0 Å². The first-order chi connectivity index (χ1) is 15.0. The number of para-hydroxylation sites is 1. The zero-order chi connectivity index (χ0) is 21.4. The number of sulfonamides is 1. The van der Waals surface area contributed by atoms with Crippen molar-refractivity contribution in [1.29, 1.82) is 0 Å². The highest BCUT2D eigenvalue weighted by Crippen LogP contribution is 2.39. The summed E-state index contributed by atoms with van der Waals surface area (Å²) in [6.07, 6.45) is 1.44. The minimum absolute atomic E-state index is 0.0832. The van der Waals surface area contributed by atoms with Gasteiger partial charge in [0.15, 0.2) is 0 Å². The Labute approximate surface area is 182 Å². The third kappa shape index (κ3) is 3.85. The molecule has 0 aliphatic carbocycles. The lowest BCUT2D eigenvalue weighted by Crippen LogP contribution is -2.37. The molecule has 5 rings (SSSR count). The van der Waals surface area contributed by atoms with Crippen LogP contribution < -0.4 is 5.56 Å². The normalized spacial score (nSPS) is 17.9. The molecule has 0 spiro atoms. The quantitative estimate of drug-likeness (QED) is 0.478. The minimum Gasteiger partial charge on any atom is -0.377 e. The highest BCUT2D eigenvalue weighted by molar-refractivity contribution is 7.89. The van der Waals surface area contributed by atoms with Crippen LogP contribution in [0.4, 0.5) is 11.4 Å². The lowest BCUT2D eigenvalue weighted by Gasteiger charge is -2.25. The van der Waals surface area contributed by atoms with Crippen molar-refractivity contribution >= 4 is 43.7 Å². The van der Waals surface area contributed by atoms with E-state index in [1.807, 2.05) is 0 Å². The molecule has 9 nitrogen and oxygen atoms in total. The Morgan fingerprint density at radius 3 is 2.87 bits per heavy atom. The molecule has 1 N–H and O–H groups in total. The zero-order valence-corrected chi connectivity index (χ0v) is 18.0. The summed E-state index contributed by atoms with van der Waals surface area (Å²) in [5.74, 6) is 0.272. The molecule has 0 saturated carbocycles.